The highest BCUT2D eigenvalue weighted by atomic mass is 16.7. The first-order chi connectivity index (χ1) is 16.1. The van der Waals surface area contributed by atoms with Gasteiger partial charge in [0.15, 0.2) is 11.5 Å². The van der Waals surface area contributed by atoms with Crippen molar-refractivity contribution in [3.63, 3.8) is 0 Å². The van der Waals surface area contributed by atoms with E-state index in [1.54, 1.807) is 40.3 Å². The van der Waals surface area contributed by atoms with Crippen LogP contribution in [0.15, 0.2) is 48.7 Å². The standard InChI is InChI=1S/C22H21N7O4/c1-14-8-19(27-22(26-14)28-6-4-23-12-28)29-7-5-24-20(16(29)11-30)21(31)25-10-15-2-3-17-18(9-15)33-13-32-17/h2-4,6,8-9,12,20,24H,5,7,10,13H2,1H3,(H,25,31). The van der Waals surface area contributed by atoms with Crippen molar-refractivity contribution in [2.24, 2.45) is 0 Å². The Balaban J connectivity index is 1.34. The van der Waals surface area contributed by atoms with Crippen molar-refractivity contribution >= 4 is 17.7 Å². The van der Waals surface area contributed by atoms with Crippen molar-refractivity contribution in [2.75, 3.05) is 24.8 Å². The summed E-state index contributed by atoms with van der Waals surface area (Å²) in [6.07, 6.45) is 4.96. The minimum Gasteiger partial charge on any atom is -0.454 e. The summed E-state index contributed by atoms with van der Waals surface area (Å²) in [4.78, 5) is 39.6. The lowest BCUT2D eigenvalue weighted by Gasteiger charge is -2.34. The number of fused-ring (bicyclic) bond motifs is 1. The average Bonchev–Trinajstić information content (AvgIpc) is 3.53. The van der Waals surface area contributed by atoms with Gasteiger partial charge in [0.25, 0.3) is 0 Å². The molecule has 0 aliphatic carbocycles. The van der Waals surface area contributed by atoms with Crippen LogP contribution in [0.4, 0.5) is 5.82 Å². The fraction of sp³-hybridized carbons (Fsp3) is 0.273. The Hall–Kier alpha value is -4.21. The molecule has 168 valence electrons. The fourth-order valence-corrected chi connectivity index (χ4v) is 3.77. The number of hydrogen-bond donors (Lipinski definition) is 2. The number of ether oxygens (including phenoxy) is 2. The predicted molar refractivity (Wildman–Crippen MR) is 117 cm³/mol. The number of imidazole rings is 1. The monoisotopic (exact) mass is 447 g/mol. The zero-order valence-electron chi connectivity index (χ0n) is 17.8. The molecule has 3 aromatic rings. The summed E-state index contributed by atoms with van der Waals surface area (Å²) in [7, 11) is 0. The third kappa shape index (κ3) is 4.14. The van der Waals surface area contributed by atoms with Gasteiger partial charge in [-0.1, -0.05) is 6.07 Å². The summed E-state index contributed by atoms with van der Waals surface area (Å²) in [5.74, 6) is 3.87. The van der Waals surface area contributed by atoms with Crippen molar-refractivity contribution in [2.45, 2.75) is 19.5 Å². The predicted octanol–water partition coefficient (Wildman–Crippen LogP) is 0.510. The average molecular weight is 447 g/mol. The number of aryl methyl sites for hydroxylation is 1. The molecule has 11 nitrogen and oxygen atoms in total. The highest BCUT2D eigenvalue weighted by Crippen LogP contribution is 2.32. The molecule has 1 atom stereocenters. The molecule has 1 aromatic carbocycles. The largest absolute Gasteiger partial charge is 0.454 e. The van der Waals surface area contributed by atoms with Crippen molar-refractivity contribution < 1.29 is 19.1 Å². The van der Waals surface area contributed by atoms with Gasteiger partial charge in [-0.25, -0.2) is 14.8 Å². The lowest BCUT2D eigenvalue weighted by Crippen LogP contribution is -2.56. The van der Waals surface area contributed by atoms with Crippen LogP contribution in [0.3, 0.4) is 0 Å². The second-order valence-corrected chi connectivity index (χ2v) is 7.57. The van der Waals surface area contributed by atoms with Crippen LogP contribution in [0, 0.1) is 6.92 Å². The first kappa shape index (κ1) is 20.7. The number of piperazine rings is 1. The van der Waals surface area contributed by atoms with Crippen LogP contribution in [-0.2, 0) is 16.1 Å². The molecule has 0 radical (unpaired) electrons. The normalized spacial score (nSPS) is 17.1. The molecular weight excluding hydrogens is 426 g/mol. The summed E-state index contributed by atoms with van der Waals surface area (Å²) in [5.41, 5.74) is 1.74. The van der Waals surface area contributed by atoms with Gasteiger partial charge in [-0.3, -0.25) is 14.7 Å². The van der Waals surface area contributed by atoms with Crippen LogP contribution < -0.4 is 25.0 Å². The number of aromatic nitrogens is 4. The third-order valence-electron chi connectivity index (χ3n) is 5.36. The number of anilines is 1. The minimum atomic E-state index is -0.864. The van der Waals surface area contributed by atoms with E-state index in [1.807, 2.05) is 25.0 Å². The maximum atomic E-state index is 13.0. The van der Waals surface area contributed by atoms with E-state index in [0.29, 0.717) is 36.4 Å². The summed E-state index contributed by atoms with van der Waals surface area (Å²) in [6.45, 7) is 3.24. The van der Waals surface area contributed by atoms with E-state index in [9.17, 15) is 9.59 Å². The van der Waals surface area contributed by atoms with Gasteiger partial charge in [-0.2, -0.15) is 4.98 Å². The van der Waals surface area contributed by atoms with E-state index in [0.717, 1.165) is 11.3 Å². The summed E-state index contributed by atoms with van der Waals surface area (Å²) in [5, 5.41) is 5.97. The lowest BCUT2D eigenvalue weighted by atomic mass is 10.1. The zero-order chi connectivity index (χ0) is 22.8. The van der Waals surface area contributed by atoms with E-state index < -0.39 is 6.04 Å². The Morgan fingerprint density at radius 3 is 2.97 bits per heavy atom. The number of nitrogens with one attached hydrogen (secondary N) is 2. The third-order valence-corrected chi connectivity index (χ3v) is 5.36. The highest BCUT2D eigenvalue weighted by molar-refractivity contribution is 5.89. The van der Waals surface area contributed by atoms with Gasteiger partial charge in [0.05, 0.1) is 0 Å². The molecule has 2 aliphatic heterocycles. The molecule has 4 heterocycles. The summed E-state index contributed by atoms with van der Waals surface area (Å²) < 4.78 is 12.4. The van der Waals surface area contributed by atoms with Gasteiger partial charge in [0.2, 0.25) is 18.6 Å². The van der Waals surface area contributed by atoms with Crippen LogP contribution in [0.25, 0.3) is 5.95 Å². The number of benzene rings is 1. The molecule has 33 heavy (non-hydrogen) atoms. The van der Waals surface area contributed by atoms with Gasteiger partial charge in [0.1, 0.15) is 29.8 Å². The Morgan fingerprint density at radius 1 is 1.27 bits per heavy atom. The first-order valence-corrected chi connectivity index (χ1v) is 10.4. The summed E-state index contributed by atoms with van der Waals surface area (Å²) in [6, 6.07) is 6.38. The topological polar surface area (TPSA) is 124 Å². The van der Waals surface area contributed by atoms with Crippen LogP contribution in [0.1, 0.15) is 11.3 Å². The van der Waals surface area contributed by atoms with Gasteiger partial charge < -0.3 is 19.7 Å². The van der Waals surface area contributed by atoms with Crippen LogP contribution in [0.2, 0.25) is 0 Å². The van der Waals surface area contributed by atoms with Gasteiger partial charge in [0, 0.05) is 43.8 Å². The van der Waals surface area contributed by atoms with E-state index in [2.05, 4.69) is 25.6 Å². The van der Waals surface area contributed by atoms with Gasteiger partial charge in [-0.05, 0) is 24.6 Å². The van der Waals surface area contributed by atoms with Crippen LogP contribution in [0.5, 0.6) is 11.5 Å². The number of carbonyl (C=O) groups excluding carboxylic acids is 2. The highest BCUT2D eigenvalue weighted by Gasteiger charge is 2.33. The molecule has 11 heteroatoms. The van der Waals surface area contributed by atoms with E-state index in [4.69, 9.17) is 9.47 Å². The van der Waals surface area contributed by atoms with Crippen molar-refractivity contribution in [1.82, 2.24) is 30.2 Å². The SMILES string of the molecule is Cc1cc(N2CCNC(C(=O)NCc3ccc4c(c3)OCO4)C2=C=O)nc(-n2ccnc2)n1. The molecule has 0 bridgehead atoms. The number of amides is 1. The maximum absolute atomic E-state index is 13.0. The second-order valence-electron chi connectivity index (χ2n) is 7.57. The number of carbonyl (C=O) groups is 1. The fourth-order valence-electron chi connectivity index (χ4n) is 3.77. The van der Waals surface area contributed by atoms with Crippen LogP contribution >= 0.6 is 0 Å². The van der Waals surface area contributed by atoms with Crippen LogP contribution in [-0.4, -0.2) is 57.3 Å². The van der Waals surface area contributed by atoms with Crippen molar-refractivity contribution in [3.8, 4) is 17.4 Å². The van der Waals surface area contributed by atoms with E-state index in [1.165, 1.54) is 0 Å². The van der Waals surface area contributed by atoms with Crippen molar-refractivity contribution in [1.29, 1.82) is 0 Å². The molecule has 1 fully saturated rings. The first-order valence-electron chi connectivity index (χ1n) is 10.4. The molecule has 2 aromatic heterocycles. The molecule has 1 unspecified atom stereocenters. The van der Waals surface area contributed by atoms with E-state index >= 15 is 0 Å². The molecule has 0 saturated carbocycles. The number of hydrogen-bond acceptors (Lipinski definition) is 9. The summed E-state index contributed by atoms with van der Waals surface area (Å²) >= 11 is 0. The molecule has 1 amide bonds. The Kier molecular flexibility index (Phi) is 5.47. The van der Waals surface area contributed by atoms with Crippen molar-refractivity contribution in [3.05, 3.63) is 59.9 Å². The molecular formula is C22H21N7O4. The Labute approximate surface area is 189 Å². The molecule has 1 saturated heterocycles. The number of nitrogens with zero attached hydrogens (tertiary/aromatic N) is 5. The maximum Gasteiger partial charge on any atom is 0.244 e. The van der Waals surface area contributed by atoms with Gasteiger partial charge >= 0.3 is 0 Å². The lowest BCUT2D eigenvalue weighted by molar-refractivity contribution is -0.122. The quantitative estimate of drug-likeness (QED) is 0.539. The zero-order valence-corrected chi connectivity index (χ0v) is 17.8. The smallest absolute Gasteiger partial charge is 0.244 e. The Morgan fingerprint density at radius 2 is 2.15 bits per heavy atom. The molecule has 2 N–H and O–H groups in total. The molecule has 0 spiro atoms. The molecule has 2 aliphatic rings. The second kappa shape index (κ2) is 8.73. The Bertz CT molecular complexity index is 1240. The molecule has 5 rings (SSSR count). The van der Waals surface area contributed by atoms with Gasteiger partial charge in [-0.15, -0.1) is 0 Å². The number of rotatable bonds is 5. The minimum absolute atomic E-state index is 0.166. The van der Waals surface area contributed by atoms with E-state index in [-0.39, 0.29) is 24.9 Å².